The normalized spacial score (nSPS) is 14.0. The first-order chi connectivity index (χ1) is 20.4. The topological polar surface area (TPSA) is 96.9 Å². The van der Waals surface area contributed by atoms with Crippen molar-refractivity contribution in [2.45, 2.75) is 104 Å². The van der Waals surface area contributed by atoms with Gasteiger partial charge in [0.05, 0.1) is 11.4 Å². The van der Waals surface area contributed by atoms with E-state index in [-0.39, 0.29) is 47.1 Å². The molecule has 0 radical (unpaired) electrons. The van der Waals surface area contributed by atoms with Crippen LogP contribution in [0.3, 0.4) is 0 Å². The Morgan fingerprint density at radius 1 is 0.953 bits per heavy atom. The molecule has 43 heavy (non-hydrogen) atoms. The van der Waals surface area contributed by atoms with Crippen LogP contribution in [0.2, 0.25) is 0 Å². The average molecular weight is 587 g/mol. The van der Waals surface area contributed by atoms with Gasteiger partial charge >= 0.3 is 0 Å². The van der Waals surface area contributed by atoms with Crippen LogP contribution in [0, 0.1) is 0 Å². The lowest BCUT2D eigenvalue weighted by Gasteiger charge is -2.31. The zero-order chi connectivity index (χ0) is 31.4. The lowest BCUT2D eigenvalue weighted by Crippen LogP contribution is -2.33. The van der Waals surface area contributed by atoms with Crippen LogP contribution in [-0.2, 0) is 33.4 Å². The molecule has 230 valence electrons. The molecule has 3 aromatic carbocycles. The fourth-order valence-corrected chi connectivity index (χ4v) is 5.13. The number of carbonyl (C=O) groups excluding carboxylic acids is 2. The van der Waals surface area contributed by atoms with E-state index in [2.05, 4.69) is 64.3 Å². The summed E-state index contributed by atoms with van der Waals surface area (Å²) in [6, 6.07) is 17.6. The number of amides is 2. The molecule has 0 fully saturated rings. The van der Waals surface area contributed by atoms with Crippen LogP contribution in [0.5, 0.6) is 17.2 Å². The smallest absolute Gasteiger partial charge is 0.265 e. The lowest BCUT2D eigenvalue weighted by molar-refractivity contribution is -0.123. The van der Waals surface area contributed by atoms with Gasteiger partial charge < -0.3 is 25.2 Å². The molecule has 4 rings (SSSR count). The Balaban J connectivity index is 1.63. The molecular formula is C36H46N2O5. The molecule has 1 aliphatic heterocycles. The summed E-state index contributed by atoms with van der Waals surface area (Å²) in [5, 5.41) is 16.9. The van der Waals surface area contributed by atoms with E-state index >= 15 is 0 Å². The van der Waals surface area contributed by atoms with Crippen LogP contribution in [0.4, 0.5) is 11.4 Å². The second-order valence-corrected chi connectivity index (χ2v) is 12.6. The number of phenolic OH excluding ortho intramolecular Hbond substituents is 1. The predicted octanol–water partition coefficient (Wildman–Crippen LogP) is 8.03. The van der Waals surface area contributed by atoms with Gasteiger partial charge in [-0.1, -0.05) is 90.9 Å². The standard InChI is InChI=1S/C36H46N2O5/c1-8-28(43-29-18-16-24(35(4,5)9-2)20-26(29)36(6,7)10-3)34(41)37-27-21-30(42-22-23-14-12-11-13-15-23)32-25(33(27)40)17-19-31(39)38-32/h11-16,18,20-21,28,40H,8-10,17,19,22H2,1-7H3,(H,37,41)(H,38,39). The zero-order valence-electron chi connectivity index (χ0n) is 26.6. The molecule has 7 heteroatoms. The molecule has 0 saturated carbocycles. The SMILES string of the molecule is CCC(Oc1ccc(C(C)(C)CC)cc1C(C)(C)CC)C(=O)Nc1cc(OCc2ccccc2)c2c(c1O)CCC(=O)N2. The highest BCUT2D eigenvalue weighted by Crippen LogP contribution is 2.44. The summed E-state index contributed by atoms with van der Waals surface area (Å²) in [6.45, 7) is 15.4. The largest absolute Gasteiger partial charge is 0.505 e. The summed E-state index contributed by atoms with van der Waals surface area (Å²) in [5.41, 5.74) is 4.32. The summed E-state index contributed by atoms with van der Waals surface area (Å²) in [5.74, 6) is 0.477. The molecule has 3 aromatic rings. The van der Waals surface area contributed by atoms with Crippen LogP contribution in [0.15, 0.2) is 54.6 Å². The molecule has 3 N–H and O–H groups in total. The first-order valence-corrected chi connectivity index (χ1v) is 15.4. The van der Waals surface area contributed by atoms with E-state index < -0.39 is 6.10 Å². The number of ether oxygens (including phenoxy) is 2. The van der Waals surface area contributed by atoms with Crippen LogP contribution >= 0.6 is 0 Å². The molecule has 2 amide bonds. The maximum absolute atomic E-state index is 13.7. The van der Waals surface area contributed by atoms with Crippen LogP contribution < -0.4 is 20.1 Å². The Kier molecular flexibility index (Phi) is 9.73. The van der Waals surface area contributed by atoms with Crippen molar-refractivity contribution in [1.82, 2.24) is 0 Å². The van der Waals surface area contributed by atoms with Gasteiger partial charge in [-0.15, -0.1) is 0 Å². The number of rotatable bonds is 12. The van der Waals surface area contributed by atoms with Crippen LogP contribution in [0.1, 0.15) is 96.4 Å². The van der Waals surface area contributed by atoms with Gasteiger partial charge in [-0.2, -0.15) is 0 Å². The van der Waals surface area contributed by atoms with Gasteiger partial charge in [-0.3, -0.25) is 9.59 Å². The summed E-state index contributed by atoms with van der Waals surface area (Å²) in [6.07, 6.45) is 2.12. The van der Waals surface area contributed by atoms with Crippen molar-refractivity contribution in [2.75, 3.05) is 10.6 Å². The molecule has 0 aromatic heterocycles. The highest BCUT2D eigenvalue weighted by molar-refractivity contribution is 6.00. The highest BCUT2D eigenvalue weighted by atomic mass is 16.5. The van der Waals surface area contributed by atoms with Crippen molar-refractivity contribution < 1.29 is 24.2 Å². The average Bonchev–Trinajstić information content (AvgIpc) is 3.00. The Hall–Kier alpha value is -4.00. The first kappa shape index (κ1) is 31.9. The van der Waals surface area contributed by atoms with Crippen molar-refractivity contribution >= 4 is 23.2 Å². The fraction of sp³-hybridized carbons (Fsp3) is 0.444. The van der Waals surface area contributed by atoms with Crippen LogP contribution in [-0.4, -0.2) is 23.0 Å². The number of carbonyl (C=O) groups is 2. The maximum atomic E-state index is 13.7. The number of anilines is 2. The van der Waals surface area contributed by atoms with E-state index in [1.54, 1.807) is 6.07 Å². The number of benzene rings is 3. The lowest BCUT2D eigenvalue weighted by atomic mass is 9.76. The molecular weight excluding hydrogens is 540 g/mol. The fourth-order valence-electron chi connectivity index (χ4n) is 5.13. The van der Waals surface area contributed by atoms with Crippen molar-refractivity contribution in [1.29, 1.82) is 0 Å². The molecule has 1 aliphatic rings. The molecule has 0 aliphatic carbocycles. The van der Waals surface area contributed by atoms with Gasteiger partial charge in [-0.05, 0) is 53.7 Å². The first-order valence-electron chi connectivity index (χ1n) is 15.4. The third kappa shape index (κ3) is 7.15. The summed E-state index contributed by atoms with van der Waals surface area (Å²) < 4.78 is 12.5. The molecule has 1 heterocycles. The Morgan fingerprint density at radius 2 is 1.65 bits per heavy atom. The monoisotopic (exact) mass is 586 g/mol. The second kappa shape index (κ2) is 13.1. The van der Waals surface area contributed by atoms with Gasteiger partial charge in [0.15, 0.2) is 6.10 Å². The Labute approximate surface area is 256 Å². The number of nitrogens with one attached hydrogen (secondary N) is 2. The van der Waals surface area contributed by atoms with Gasteiger partial charge in [0.2, 0.25) is 5.91 Å². The number of aromatic hydroxyl groups is 1. The third-order valence-corrected chi connectivity index (χ3v) is 8.92. The quantitative estimate of drug-likeness (QED) is 0.187. The minimum Gasteiger partial charge on any atom is -0.505 e. The van der Waals surface area contributed by atoms with E-state index in [9.17, 15) is 14.7 Å². The Bertz CT molecular complexity index is 1460. The van der Waals surface area contributed by atoms with Crippen molar-refractivity contribution in [2.24, 2.45) is 0 Å². The molecule has 7 nitrogen and oxygen atoms in total. The third-order valence-electron chi connectivity index (χ3n) is 8.92. The summed E-state index contributed by atoms with van der Waals surface area (Å²) in [7, 11) is 0. The van der Waals surface area contributed by atoms with E-state index in [1.165, 1.54) is 5.56 Å². The van der Waals surface area contributed by atoms with Gasteiger partial charge in [0, 0.05) is 23.6 Å². The minimum atomic E-state index is -0.791. The summed E-state index contributed by atoms with van der Waals surface area (Å²) >= 11 is 0. The van der Waals surface area contributed by atoms with E-state index in [1.807, 2.05) is 43.3 Å². The van der Waals surface area contributed by atoms with Crippen molar-refractivity contribution in [3.05, 3.63) is 76.9 Å². The van der Waals surface area contributed by atoms with Crippen molar-refractivity contribution in [3.63, 3.8) is 0 Å². The molecule has 0 bridgehead atoms. The zero-order valence-corrected chi connectivity index (χ0v) is 26.6. The Morgan fingerprint density at radius 3 is 2.30 bits per heavy atom. The van der Waals surface area contributed by atoms with Gasteiger partial charge in [-0.25, -0.2) is 0 Å². The van der Waals surface area contributed by atoms with Gasteiger partial charge in [0.1, 0.15) is 23.9 Å². The number of fused-ring (bicyclic) bond motifs is 1. The maximum Gasteiger partial charge on any atom is 0.265 e. The van der Waals surface area contributed by atoms with E-state index in [0.29, 0.717) is 35.6 Å². The molecule has 0 spiro atoms. The number of hydrogen-bond acceptors (Lipinski definition) is 5. The number of hydrogen-bond donors (Lipinski definition) is 3. The highest BCUT2D eigenvalue weighted by Gasteiger charge is 2.30. The van der Waals surface area contributed by atoms with Gasteiger partial charge in [0.25, 0.3) is 5.91 Å². The number of phenols is 1. The van der Waals surface area contributed by atoms with Crippen LogP contribution in [0.25, 0.3) is 0 Å². The molecule has 0 saturated heterocycles. The second-order valence-electron chi connectivity index (χ2n) is 12.6. The molecule has 1 unspecified atom stereocenters. The van der Waals surface area contributed by atoms with Crippen molar-refractivity contribution in [3.8, 4) is 17.2 Å². The van der Waals surface area contributed by atoms with E-state index in [0.717, 1.165) is 24.0 Å². The minimum absolute atomic E-state index is 0.0162. The van der Waals surface area contributed by atoms with E-state index in [4.69, 9.17) is 9.47 Å². The molecule has 1 atom stereocenters. The summed E-state index contributed by atoms with van der Waals surface area (Å²) in [4.78, 5) is 25.9. The predicted molar refractivity (Wildman–Crippen MR) is 172 cm³/mol.